The monoisotopic (exact) mass is 528 g/mol. The molecule has 1 saturated carbocycles. The van der Waals surface area contributed by atoms with Crippen LogP contribution < -0.4 is 21.1 Å². The van der Waals surface area contributed by atoms with Gasteiger partial charge >= 0.3 is 6.18 Å². The molecule has 1 aliphatic heterocycles. The molecule has 0 spiro atoms. The number of ether oxygens (including phenoxy) is 2. The molecule has 1 aliphatic carbocycles. The number of rotatable bonds is 9. The van der Waals surface area contributed by atoms with Crippen molar-refractivity contribution in [2.24, 2.45) is 5.73 Å². The number of nitrogens with zero attached hydrogens (tertiary/aromatic N) is 3. The summed E-state index contributed by atoms with van der Waals surface area (Å²) < 4.78 is 48.3. The Hall–Kier alpha value is -2.21. The lowest BCUT2D eigenvalue weighted by Crippen LogP contribution is -2.49. The van der Waals surface area contributed by atoms with Crippen molar-refractivity contribution in [2.45, 2.75) is 68.7 Å². The number of halogens is 4. The Morgan fingerprint density at radius 1 is 1.11 bits per heavy atom. The van der Waals surface area contributed by atoms with Crippen molar-refractivity contribution in [3.05, 3.63) is 29.7 Å². The van der Waals surface area contributed by atoms with Crippen molar-refractivity contribution in [3.8, 4) is 17.1 Å². The summed E-state index contributed by atoms with van der Waals surface area (Å²) in [6.45, 7) is 1.51. The van der Waals surface area contributed by atoms with Gasteiger partial charge in [0.1, 0.15) is 12.4 Å². The number of alkyl halides is 3. The van der Waals surface area contributed by atoms with Gasteiger partial charge in [-0.1, -0.05) is 11.6 Å². The van der Waals surface area contributed by atoms with Crippen molar-refractivity contribution < 1.29 is 22.6 Å². The average Bonchev–Trinajstić information content (AvgIpc) is 2.85. The molecular formula is C24H32ClF3N6O2. The van der Waals surface area contributed by atoms with Crippen molar-refractivity contribution in [1.82, 2.24) is 20.3 Å². The van der Waals surface area contributed by atoms with Gasteiger partial charge in [0, 0.05) is 43.6 Å². The van der Waals surface area contributed by atoms with Crippen LogP contribution in [0.3, 0.4) is 0 Å². The number of hydrogen-bond acceptors (Lipinski definition) is 8. The van der Waals surface area contributed by atoms with E-state index in [1.807, 2.05) is 6.07 Å². The third kappa shape index (κ3) is 7.89. The largest absolute Gasteiger partial charge is 0.475 e. The van der Waals surface area contributed by atoms with Crippen LogP contribution in [-0.2, 0) is 4.74 Å². The minimum absolute atomic E-state index is 0.0428. The molecule has 0 aromatic carbocycles. The highest BCUT2D eigenvalue weighted by atomic mass is 35.5. The summed E-state index contributed by atoms with van der Waals surface area (Å²) >= 11 is 6.43. The Labute approximate surface area is 213 Å². The zero-order valence-electron chi connectivity index (χ0n) is 20.0. The predicted molar refractivity (Wildman–Crippen MR) is 131 cm³/mol. The molecule has 2 aromatic rings. The van der Waals surface area contributed by atoms with E-state index in [1.165, 1.54) is 0 Å². The van der Waals surface area contributed by atoms with E-state index in [0.29, 0.717) is 47.8 Å². The van der Waals surface area contributed by atoms with Gasteiger partial charge in [-0.25, -0.2) is 9.97 Å². The second-order valence-corrected chi connectivity index (χ2v) is 9.97. The Morgan fingerprint density at radius 2 is 1.83 bits per heavy atom. The van der Waals surface area contributed by atoms with Crippen molar-refractivity contribution in [2.75, 3.05) is 31.7 Å². The van der Waals surface area contributed by atoms with E-state index >= 15 is 0 Å². The first-order chi connectivity index (χ1) is 17.2. The van der Waals surface area contributed by atoms with Crippen LogP contribution in [0.2, 0.25) is 5.02 Å². The van der Waals surface area contributed by atoms with E-state index in [4.69, 9.17) is 26.8 Å². The Balaban J connectivity index is 1.33. The number of anilines is 1. The third-order valence-electron chi connectivity index (χ3n) is 6.66. The van der Waals surface area contributed by atoms with Crippen LogP contribution in [0.15, 0.2) is 24.7 Å². The number of pyridine rings is 1. The van der Waals surface area contributed by atoms with Gasteiger partial charge in [0.25, 0.3) is 0 Å². The van der Waals surface area contributed by atoms with Crippen LogP contribution >= 0.6 is 11.6 Å². The number of nitrogens with two attached hydrogens (primary N) is 1. The van der Waals surface area contributed by atoms with E-state index in [2.05, 4.69) is 25.6 Å². The molecule has 12 heteroatoms. The SMILES string of the molecule is NC1(COc2cncc(-c3cc(N[C@H]4CC[C@H](NCCC(F)(F)F)CC4)ncc3Cl)n2)CCOCC1. The average molecular weight is 529 g/mol. The Morgan fingerprint density at radius 3 is 2.56 bits per heavy atom. The van der Waals surface area contributed by atoms with Crippen LogP contribution in [0, 0.1) is 0 Å². The molecule has 0 atom stereocenters. The van der Waals surface area contributed by atoms with E-state index in [0.717, 1.165) is 38.5 Å². The molecule has 2 fully saturated rings. The van der Waals surface area contributed by atoms with Crippen molar-refractivity contribution in [3.63, 3.8) is 0 Å². The normalized spacial score (nSPS) is 22.2. The summed E-state index contributed by atoms with van der Waals surface area (Å²) in [4.78, 5) is 13.2. The summed E-state index contributed by atoms with van der Waals surface area (Å²) in [6.07, 6.45) is 4.49. The van der Waals surface area contributed by atoms with Crippen molar-refractivity contribution >= 4 is 17.4 Å². The van der Waals surface area contributed by atoms with Gasteiger partial charge in [-0.2, -0.15) is 13.2 Å². The summed E-state index contributed by atoms with van der Waals surface area (Å²) in [5, 5.41) is 6.87. The molecular weight excluding hydrogens is 497 g/mol. The zero-order chi connectivity index (χ0) is 25.6. The van der Waals surface area contributed by atoms with Gasteiger partial charge in [-0.3, -0.25) is 4.98 Å². The van der Waals surface area contributed by atoms with Gasteiger partial charge in [0.2, 0.25) is 5.88 Å². The van der Waals surface area contributed by atoms with Crippen molar-refractivity contribution in [1.29, 1.82) is 0 Å². The maximum absolute atomic E-state index is 12.4. The van der Waals surface area contributed by atoms with Crippen LogP contribution in [0.4, 0.5) is 19.0 Å². The number of aromatic nitrogens is 3. The molecule has 36 heavy (non-hydrogen) atoms. The summed E-state index contributed by atoms with van der Waals surface area (Å²) in [5.74, 6) is 1.02. The van der Waals surface area contributed by atoms with Gasteiger partial charge in [-0.15, -0.1) is 0 Å². The molecule has 0 amide bonds. The highest BCUT2D eigenvalue weighted by Crippen LogP contribution is 2.30. The molecule has 2 aromatic heterocycles. The fraction of sp³-hybridized carbons (Fsp3) is 0.625. The van der Waals surface area contributed by atoms with Gasteiger partial charge in [0.15, 0.2) is 0 Å². The summed E-state index contributed by atoms with van der Waals surface area (Å²) in [7, 11) is 0. The molecule has 1 saturated heterocycles. The second kappa shape index (κ2) is 11.9. The first kappa shape index (κ1) is 26.8. The highest BCUT2D eigenvalue weighted by molar-refractivity contribution is 6.33. The standard InChI is InChI=1S/C24H32ClF3N6O2/c25-19-12-32-21(33-17-3-1-16(2-4-17)31-8-5-24(26,27)28)11-18(19)20-13-30-14-22(34-20)36-15-23(29)6-9-35-10-7-23/h11-14,16-17,31H,1-10,15,29H2,(H,32,33)/t16-,17-. The lowest BCUT2D eigenvalue weighted by atomic mass is 9.91. The zero-order valence-corrected chi connectivity index (χ0v) is 20.7. The molecule has 8 nitrogen and oxygen atoms in total. The van der Waals surface area contributed by atoms with Crippen LogP contribution in [0.25, 0.3) is 11.3 Å². The summed E-state index contributed by atoms with van der Waals surface area (Å²) in [6, 6.07) is 2.10. The Bertz CT molecular complexity index is 998. The van der Waals surface area contributed by atoms with E-state index in [1.54, 1.807) is 18.6 Å². The molecule has 0 radical (unpaired) electrons. The predicted octanol–water partition coefficient (Wildman–Crippen LogP) is 4.34. The second-order valence-electron chi connectivity index (χ2n) is 9.57. The fourth-order valence-corrected chi connectivity index (χ4v) is 4.67. The maximum Gasteiger partial charge on any atom is 0.390 e. The number of nitrogens with one attached hydrogen (secondary N) is 2. The topological polar surface area (TPSA) is 107 Å². The van der Waals surface area contributed by atoms with Crippen LogP contribution in [0.5, 0.6) is 5.88 Å². The minimum Gasteiger partial charge on any atom is -0.475 e. The highest BCUT2D eigenvalue weighted by Gasteiger charge is 2.29. The lowest BCUT2D eigenvalue weighted by Gasteiger charge is -2.32. The van der Waals surface area contributed by atoms with Crippen LogP contribution in [0.1, 0.15) is 44.9 Å². The summed E-state index contributed by atoms with van der Waals surface area (Å²) in [5.41, 5.74) is 7.17. The van der Waals surface area contributed by atoms with Crippen LogP contribution in [-0.4, -0.2) is 65.1 Å². The lowest BCUT2D eigenvalue weighted by molar-refractivity contribution is -0.133. The molecule has 3 heterocycles. The molecule has 198 valence electrons. The van der Waals surface area contributed by atoms with E-state index < -0.39 is 18.1 Å². The maximum atomic E-state index is 12.4. The van der Waals surface area contributed by atoms with E-state index in [-0.39, 0.29) is 18.6 Å². The third-order valence-corrected chi connectivity index (χ3v) is 6.96. The first-order valence-electron chi connectivity index (χ1n) is 12.2. The molecule has 0 bridgehead atoms. The van der Waals surface area contributed by atoms with Gasteiger partial charge in [0.05, 0.1) is 35.1 Å². The Kier molecular flexibility index (Phi) is 8.87. The first-order valence-corrected chi connectivity index (χ1v) is 12.6. The fourth-order valence-electron chi connectivity index (χ4n) is 4.47. The number of hydrogen-bond donors (Lipinski definition) is 3. The molecule has 0 unspecified atom stereocenters. The molecule has 2 aliphatic rings. The molecule has 4 N–H and O–H groups in total. The molecule has 4 rings (SSSR count). The minimum atomic E-state index is -4.13. The smallest absolute Gasteiger partial charge is 0.390 e. The van der Waals surface area contributed by atoms with Gasteiger partial charge < -0.3 is 25.8 Å². The quantitative estimate of drug-likeness (QED) is 0.441. The van der Waals surface area contributed by atoms with Gasteiger partial charge in [-0.05, 0) is 44.6 Å². The van der Waals surface area contributed by atoms with E-state index in [9.17, 15) is 13.2 Å².